The predicted molar refractivity (Wildman–Crippen MR) is 64.7 cm³/mol. The van der Waals surface area contributed by atoms with E-state index in [1.54, 1.807) is 0 Å². The largest absolute Gasteiger partial charge is 0.480 e. The fourth-order valence-corrected chi connectivity index (χ4v) is 2.05. The van der Waals surface area contributed by atoms with Crippen molar-refractivity contribution < 1.29 is 14.7 Å². The quantitative estimate of drug-likeness (QED) is 0.764. The van der Waals surface area contributed by atoms with Crippen LogP contribution >= 0.6 is 0 Å². The van der Waals surface area contributed by atoms with Crippen LogP contribution in [-0.2, 0) is 9.59 Å². The Hall–Kier alpha value is -1.10. The first-order valence-corrected chi connectivity index (χ1v) is 5.99. The molecular formula is C12H22N2O3. The summed E-state index contributed by atoms with van der Waals surface area (Å²) < 4.78 is 0. The van der Waals surface area contributed by atoms with Gasteiger partial charge < -0.3 is 15.3 Å². The van der Waals surface area contributed by atoms with Gasteiger partial charge in [0.15, 0.2) is 0 Å². The number of carbonyl (C=O) groups excluding carboxylic acids is 1. The van der Waals surface area contributed by atoms with Gasteiger partial charge in [-0.2, -0.15) is 0 Å². The summed E-state index contributed by atoms with van der Waals surface area (Å²) in [7, 11) is 0. The highest BCUT2D eigenvalue weighted by Gasteiger charge is 2.39. The lowest BCUT2D eigenvalue weighted by Crippen LogP contribution is -2.49. The highest BCUT2D eigenvalue weighted by molar-refractivity contribution is 5.85. The number of hydrogen-bond acceptors (Lipinski definition) is 3. The highest BCUT2D eigenvalue weighted by atomic mass is 16.4. The third-order valence-electron chi connectivity index (χ3n) is 3.04. The lowest BCUT2D eigenvalue weighted by Gasteiger charge is -2.26. The van der Waals surface area contributed by atoms with Crippen molar-refractivity contribution in [2.45, 2.75) is 45.7 Å². The SMILES string of the molecule is CC1CCN(C(=O)CNC(C)(C)C)C1C(=O)O. The molecule has 0 aromatic carbocycles. The maximum atomic E-state index is 12.0. The lowest BCUT2D eigenvalue weighted by atomic mass is 10.0. The van der Waals surface area contributed by atoms with Gasteiger partial charge in [-0.3, -0.25) is 4.79 Å². The molecule has 0 spiro atoms. The van der Waals surface area contributed by atoms with Gasteiger partial charge in [-0.05, 0) is 33.1 Å². The smallest absolute Gasteiger partial charge is 0.326 e. The van der Waals surface area contributed by atoms with Crippen molar-refractivity contribution in [3.63, 3.8) is 0 Å². The molecule has 0 bridgehead atoms. The summed E-state index contributed by atoms with van der Waals surface area (Å²) in [5.74, 6) is -0.998. The molecular weight excluding hydrogens is 220 g/mol. The van der Waals surface area contributed by atoms with Gasteiger partial charge in [0, 0.05) is 12.1 Å². The fourth-order valence-electron chi connectivity index (χ4n) is 2.05. The number of nitrogens with zero attached hydrogens (tertiary/aromatic N) is 1. The minimum atomic E-state index is -0.904. The van der Waals surface area contributed by atoms with Crippen LogP contribution in [-0.4, -0.2) is 46.6 Å². The van der Waals surface area contributed by atoms with E-state index in [1.165, 1.54) is 4.90 Å². The van der Waals surface area contributed by atoms with E-state index in [2.05, 4.69) is 5.32 Å². The Labute approximate surface area is 102 Å². The third-order valence-corrected chi connectivity index (χ3v) is 3.04. The second-order valence-electron chi connectivity index (χ2n) is 5.74. The Morgan fingerprint density at radius 2 is 2.00 bits per heavy atom. The standard InChI is InChI=1S/C12H22N2O3/c1-8-5-6-14(10(8)11(16)17)9(15)7-13-12(2,3)4/h8,10,13H,5-7H2,1-4H3,(H,16,17). The van der Waals surface area contributed by atoms with E-state index in [4.69, 9.17) is 5.11 Å². The average Bonchev–Trinajstić information content (AvgIpc) is 2.55. The molecule has 0 aromatic heterocycles. The Balaban J connectivity index is 2.60. The zero-order valence-corrected chi connectivity index (χ0v) is 11.0. The number of likely N-dealkylation sites (tertiary alicyclic amines) is 1. The molecule has 2 atom stereocenters. The first-order chi connectivity index (χ1) is 7.72. The van der Waals surface area contributed by atoms with Gasteiger partial charge in [0.2, 0.25) is 5.91 Å². The molecule has 1 fully saturated rings. The van der Waals surface area contributed by atoms with Crippen LogP contribution in [0.25, 0.3) is 0 Å². The second-order valence-corrected chi connectivity index (χ2v) is 5.74. The van der Waals surface area contributed by atoms with E-state index in [0.29, 0.717) is 6.54 Å². The van der Waals surface area contributed by atoms with E-state index in [9.17, 15) is 9.59 Å². The van der Waals surface area contributed by atoms with Crippen molar-refractivity contribution in [2.24, 2.45) is 5.92 Å². The number of amides is 1. The van der Waals surface area contributed by atoms with Crippen LogP contribution in [0.4, 0.5) is 0 Å². The Morgan fingerprint density at radius 3 is 2.47 bits per heavy atom. The topological polar surface area (TPSA) is 69.6 Å². The van der Waals surface area contributed by atoms with Crippen molar-refractivity contribution in [1.82, 2.24) is 10.2 Å². The van der Waals surface area contributed by atoms with Crippen LogP contribution in [0.15, 0.2) is 0 Å². The van der Waals surface area contributed by atoms with E-state index in [-0.39, 0.29) is 23.9 Å². The van der Waals surface area contributed by atoms with E-state index >= 15 is 0 Å². The first kappa shape index (κ1) is 14.0. The number of aliphatic carboxylic acids is 1. The summed E-state index contributed by atoms with van der Waals surface area (Å²) in [6.45, 7) is 8.54. The van der Waals surface area contributed by atoms with Crippen LogP contribution in [0.1, 0.15) is 34.1 Å². The zero-order chi connectivity index (χ0) is 13.2. The van der Waals surface area contributed by atoms with Crippen molar-refractivity contribution >= 4 is 11.9 Å². The lowest BCUT2D eigenvalue weighted by molar-refractivity contribution is -0.149. The van der Waals surface area contributed by atoms with Gasteiger partial charge in [-0.25, -0.2) is 4.79 Å². The number of carboxylic acid groups (broad SMARTS) is 1. The van der Waals surface area contributed by atoms with Gasteiger partial charge >= 0.3 is 5.97 Å². The number of carboxylic acids is 1. The van der Waals surface area contributed by atoms with Crippen LogP contribution in [0.3, 0.4) is 0 Å². The second kappa shape index (κ2) is 5.04. The van der Waals surface area contributed by atoms with Crippen molar-refractivity contribution in [2.75, 3.05) is 13.1 Å². The van der Waals surface area contributed by atoms with Crippen molar-refractivity contribution in [3.05, 3.63) is 0 Å². The van der Waals surface area contributed by atoms with Crippen LogP contribution in [0.5, 0.6) is 0 Å². The summed E-state index contributed by atoms with van der Waals surface area (Å²) in [4.78, 5) is 24.5. The molecule has 0 aliphatic carbocycles. The van der Waals surface area contributed by atoms with Crippen LogP contribution in [0, 0.1) is 5.92 Å². The molecule has 1 aliphatic heterocycles. The molecule has 5 heteroatoms. The summed E-state index contributed by atoms with van der Waals surface area (Å²) in [5.41, 5.74) is -0.139. The third kappa shape index (κ3) is 3.70. The van der Waals surface area contributed by atoms with Crippen molar-refractivity contribution in [3.8, 4) is 0 Å². The van der Waals surface area contributed by atoms with Gasteiger partial charge in [0.1, 0.15) is 6.04 Å². The zero-order valence-electron chi connectivity index (χ0n) is 11.0. The van der Waals surface area contributed by atoms with Gasteiger partial charge in [-0.15, -0.1) is 0 Å². The molecule has 1 aliphatic rings. The number of nitrogens with one attached hydrogen (secondary N) is 1. The fraction of sp³-hybridized carbons (Fsp3) is 0.833. The summed E-state index contributed by atoms with van der Waals surface area (Å²) >= 11 is 0. The monoisotopic (exact) mass is 242 g/mol. The Kier molecular flexibility index (Phi) is 4.14. The molecule has 5 nitrogen and oxygen atoms in total. The van der Waals surface area contributed by atoms with E-state index in [0.717, 1.165) is 6.42 Å². The summed E-state index contributed by atoms with van der Waals surface area (Å²) in [5, 5.41) is 12.2. The van der Waals surface area contributed by atoms with Crippen molar-refractivity contribution in [1.29, 1.82) is 0 Å². The highest BCUT2D eigenvalue weighted by Crippen LogP contribution is 2.24. The summed E-state index contributed by atoms with van der Waals surface area (Å²) in [6, 6.07) is -0.663. The molecule has 98 valence electrons. The molecule has 1 heterocycles. The number of hydrogen-bond donors (Lipinski definition) is 2. The van der Waals surface area contributed by atoms with Gasteiger partial charge in [0.25, 0.3) is 0 Å². The summed E-state index contributed by atoms with van der Waals surface area (Å²) in [6.07, 6.45) is 0.762. The molecule has 1 rings (SSSR count). The minimum absolute atomic E-state index is 0.0334. The molecule has 2 unspecified atom stereocenters. The molecule has 2 N–H and O–H groups in total. The Morgan fingerprint density at radius 1 is 1.41 bits per heavy atom. The predicted octanol–water partition coefficient (Wildman–Crippen LogP) is 0.696. The number of carbonyl (C=O) groups is 2. The molecule has 17 heavy (non-hydrogen) atoms. The normalized spacial score (nSPS) is 25.1. The van der Waals surface area contributed by atoms with Crippen LogP contribution in [0.2, 0.25) is 0 Å². The molecule has 0 radical (unpaired) electrons. The van der Waals surface area contributed by atoms with Gasteiger partial charge in [0.05, 0.1) is 6.54 Å². The van der Waals surface area contributed by atoms with E-state index < -0.39 is 12.0 Å². The maximum absolute atomic E-state index is 12.0. The molecule has 0 aromatic rings. The molecule has 1 saturated heterocycles. The Bertz CT molecular complexity index is 309. The van der Waals surface area contributed by atoms with Crippen LogP contribution < -0.4 is 5.32 Å². The number of rotatable bonds is 3. The molecule has 1 amide bonds. The molecule has 0 saturated carbocycles. The minimum Gasteiger partial charge on any atom is -0.480 e. The maximum Gasteiger partial charge on any atom is 0.326 e. The first-order valence-electron chi connectivity index (χ1n) is 5.99. The average molecular weight is 242 g/mol. The van der Waals surface area contributed by atoms with E-state index in [1.807, 2.05) is 27.7 Å². The van der Waals surface area contributed by atoms with Gasteiger partial charge in [-0.1, -0.05) is 6.92 Å².